The summed E-state index contributed by atoms with van der Waals surface area (Å²) in [6.07, 6.45) is 3.68. The lowest BCUT2D eigenvalue weighted by Gasteiger charge is -2.13. The maximum absolute atomic E-state index is 9.18. The highest BCUT2D eigenvalue weighted by molar-refractivity contribution is 5.27. The fourth-order valence-electron chi connectivity index (χ4n) is 1.64. The minimum atomic E-state index is -0.0894. The molecule has 16 heavy (non-hydrogen) atoms. The molecular weight excluding hydrogens is 202 g/mol. The Balaban J connectivity index is 2.11. The molecule has 3 N–H and O–H groups in total. The second-order valence-electron chi connectivity index (χ2n) is 3.82. The molecule has 84 valence electrons. The van der Waals surface area contributed by atoms with Gasteiger partial charge < -0.3 is 15.4 Å². The number of imidazole rings is 1. The number of nitrogens with zero attached hydrogens (tertiary/aromatic N) is 2. The number of phenols is 1. The molecule has 4 heteroatoms. The number of hydrogen-bond donors (Lipinski definition) is 2. The van der Waals surface area contributed by atoms with Gasteiger partial charge in [-0.05, 0) is 24.6 Å². The molecule has 0 fully saturated rings. The van der Waals surface area contributed by atoms with Crippen LogP contribution in [0.3, 0.4) is 0 Å². The second kappa shape index (κ2) is 4.37. The number of aryl methyl sites for hydroxylation is 1. The van der Waals surface area contributed by atoms with Crippen LogP contribution in [0.5, 0.6) is 5.75 Å². The number of benzene rings is 1. The van der Waals surface area contributed by atoms with E-state index in [-0.39, 0.29) is 11.8 Å². The SMILES string of the molecule is Cc1nccn1CC(N)c1ccc(O)cc1. The van der Waals surface area contributed by atoms with E-state index in [4.69, 9.17) is 5.73 Å². The van der Waals surface area contributed by atoms with E-state index in [1.165, 1.54) is 0 Å². The Hall–Kier alpha value is -1.81. The van der Waals surface area contributed by atoms with Gasteiger partial charge in [-0.2, -0.15) is 0 Å². The van der Waals surface area contributed by atoms with Crippen LogP contribution in [0, 0.1) is 6.92 Å². The number of hydrogen-bond acceptors (Lipinski definition) is 3. The van der Waals surface area contributed by atoms with Crippen LogP contribution in [0.25, 0.3) is 0 Å². The molecule has 2 rings (SSSR count). The van der Waals surface area contributed by atoms with Crippen molar-refractivity contribution in [2.45, 2.75) is 19.5 Å². The van der Waals surface area contributed by atoms with Gasteiger partial charge in [0.2, 0.25) is 0 Å². The highest BCUT2D eigenvalue weighted by atomic mass is 16.3. The normalized spacial score (nSPS) is 12.6. The molecule has 4 nitrogen and oxygen atoms in total. The number of phenolic OH excluding ortho intramolecular Hbond substituents is 1. The summed E-state index contributed by atoms with van der Waals surface area (Å²) in [7, 11) is 0. The fraction of sp³-hybridized carbons (Fsp3) is 0.250. The molecule has 0 amide bonds. The first-order valence-corrected chi connectivity index (χ1v) is 5.19. The van der Waals surface area contributed by atoms with Crippen LogP contribution in [-0.4, -0.2) is 14.7 Å². The maximum atomic E-state index is 9.18. The molecule has 1 aromatic carbocycles. The number of rotatable bonds is 3. The van der Waals surface area contributed by atoms with Gasteiger partial charge in [-0.15, -0.1) is 0 Å². The zero-order chi connectivity index (χ0) is 11.5. The van der Waals surface area contributed by atoms with Gasteiger partial charge in [-0.1, -0.05) is 12.1 Å². The van der Waals surface area contributed by atoms with E-state index < -0.39 is 0 Å². The minimum Gasteiger partial charge on any atom is -0.508 e. The van der Waals surface area contributed by atoms with Crippen molar-refractivity contribution >= 4 is 0 Å². The van der Waals surface area contributed by atoms with Crippen LogP contribution in [0.1, 0.15) is 17.4 Å². The highest BCUT2D eigenvalue weighted by Crippen LogP contribution is 2.16. The molecule has 0 saturated heterocycles. The molecule has 0 aliphatic heterocycles. The predicted octanol–water partition coefficient (Wildman–Crippen LogP) is 1.60. The summed E-state index contributed by atoms with van der Waals surface area (Å²) in [6.45, 7) is 2.64. The van der Waals surface area contributed by atoms with E-state index >= 15 is 0 Å². The number of aromatic nitrogens is 2. The van der Waals surface area contributed by atoms with E-state index in [1.54, 1.807) is 18.3 Å². The lowest BCUT2D eigenvalue weighted by atomic mass is 10.1. The Morgan fingerprint density at radius 1 is 1.38 bits per heavy atom. The Bertz CT molecular complexity index is 461. The Morgan fingerprint density at radius 2 is 2.06 bits per heavy atom. The third kappa shape index (κ3) is 2.23. The minimum absolute atomic E-state index is 0.0894. The molecule has 0 radical (unpaired) electrons. The van der Waals surface area contributed by atoms with E-state index in [0.717, 1.165) is 11.4 Å². The standard InChI is InChI=1S/C12H15N3O/c1-9-14-6-7-15(9)8-12(13)10-2-4-11(16)5-3-10/h2-7,12,16H,8,13H2,1H3. The van der Waals surface area contributed by atoms with E-state index in [0.29, 0.717) is 6.54 Å². The quantitative estimate of drug-likeness (QED) is 0.820. The van der Waals surface area contributed by atoms with Gasteiger partial charge in [0.25, 0.3) is 0 Å². The molecule has 0 spiro atoms. The summed E-state index contributed by atoms with van der Waals surface area (Å²) in [5.74, 6) is 1.21. The van der Waals surface area contributed by atoms with Gasteiger partial charge in [0.05, 0.1) is 0 Å². The van der Waals surface area contributed by atoms with Crippen LogP contribution in [0.2, 0.25) is 0 Å². The topological polar surface area (TPSA) is 64.1 Å². The van der Waals surface area contributed by atoms with Gasteiger partial charge in [-0.3, -0.25) is 0 Å². The molecule has 0 aliphatic rings. The van der Waals surface area contributed by atoms with Crippen molar-refractivity contribution in [3.05, 3.63) is 48.0 Å². The summed E-state index contributed by atoms with van der Waals surface area (Å²) in [5.41, 5.74) is 7.08. The summed E-state index contributed by atoms with van der Waals surface area (Å²) in [4.78, 5) is 4.14. The monoisotopic (exact) mass is 217 g/mol. The first kappa shape index (κ1) is 10.7. The van der Waals surface area contributed by atoms with Crippen LogP contribution in [-0.2, 0) is 6.54 Å². The zero-order valence-electron chi connectivity index (χ0n) is 9.17. The molecule has 0 bridgehead atoms. The first-order chi connectivity index (χ1) is 7.66. The van der Waals surface area contributed by atoms with Gasteiger partial charge >= 0.3 is 0 Å². The van der Waals surface area contributed by atoms with Gasteiger partial charge in [0.1, 0.15) is 11.6 Å². The zero-order valence-corrected chi connectivity index (χ0v) is 9.17. The molecular formula is C12H15N3O. The summed E-state index contributed by atoms with van der Waals surface area (Å²) >= 11 is 0. The van der Waals surface area contributed by atoms with E-state index in [2.05, 4.69) is 4.98 Å². The van der Waals surface area contributed by atoms with Crippen molar-refractivity contribution in [2.75, 3.05) is 0 Å². The number of aromatic hydroxyl groups is 1. The van der Waals surface area contributed by atoms with Crippen molar-refractivity contribution in [2.24, 2.45) is 5.73 Å². The lowest BCUT2D eigenvalue weighted by molar-refractivity contribution is 0.474. The predicted molar refractivity (Wildman–Crippen MR) is 62.0 cm³/mol. The molecule has 0 aliphatic carbocycles. The van der Waals surface area contributed by atoms with Crippen LogP contribution < -0.4 is 5.73 Å². The molecule has 1 heterocycles. The van der Waals surface area contributed by atoms with Crippen LogP contribution in [0.4, 0.5) is 0 Å². The van der Waals surface area contributed by atoms with Crippen molar-refractivity contribution in [1.82, 2.24) is 9.55 Å². The number of nitrogens with two attached hydrogens (primary N) is 1. The van der Waals surface area contributed by atoms with Gasteiger partial charge in [0.15, 0.2) is 0 Å². The summed E-state index contributed by atoms with van der Waals surface area (Å²) in [6, 6.07) is 6.89. The largest absolute Gasteiger partial charge is 0.508 e. The average molecular weight is 217 g/mol. The first-order valence-electron chi connectivity index (χ1n) is 5.19. The van der Waals surface area contributed by atoms with Gasteiger partial charge in [-0.25, -0.2) is 4.98 Å². The third-order valence-corrected chi connectivity index (χ3v) is 2.64. The van der Waals surface area contributed by atoms with Gasteiger partial charge in [0, 0.05) is 25.0 Å². The van der Waals surface area contributed by atoms with Crippen molar-refractivity contribution < 1.29 is 5.11 Å². The van der Waals surface area contributed by atoms with Crippen molar-refractivity contribution in [3.63, 3.8) is 0 Å². The van der Waals surface area contributed by atoms with Crippen LogP contribution in [0.15, 0.2) is 36.7 Å². The van der Waals surface area contributed by atoms with Crippen LogP contribution >= 0.6 is 0 Å². The van der Waals surface area contributed by atoms with Crippen molar-refractivity contribution in [3.8, 4) is 5.75 Å². The Morgan fingerprint density at radius 3 is 2.62 bits per heavy atom. The lowest BCUT2D eigenvalue weighted by Crippen LogP contribution is -2.17. The average Bonchev–Trinajstić information content (AvgIpc) is 2.65. The maximum Gasteiger partial charge on any atom is 0.115 e. The highest BCUT2D eigenvalue weighted by Gasteiger charge is 2.07. The van der Waals surface area contributed by atoms with E-state index in [1.807, 2.05) is 29.8 Å². The Kier molecular flexibility index (Phi) is 2.92. The van der Waals surface area contributed by atoms with Crippen molar-refractivity contribution in [1.29, 1.82) is 0 Å². The molecule has 1 aromatic heterocycles. The fourth-order valence-corrected chi connectivity index (χ4v) is 1.64. The molecule has 1 unspecified atom stereocenters. The summed E-state index contributed by atoms with van der Waals surface area (Å²) in [5, 5.41) is 9.18. The molecule has 2 aromatic rings. The third-order valence-electron chi connectivity index (χ3n) is 2.64. The smallest absolute Gasteiger partial charge is 0.115 e. The second-order valence-corrected chi connectivity index (χ2v) is 3.82. The summed E-state index contributed by atoms with van der Waals surface area (Å²) < 4.78 is 2.01. The molecule has 0 saturated carbocycles. The Labute approximate surface area is 94.4 Å². The van der Waals surface area contributed by atoms with E-state index in [9.17, 15) is 5.11 Å². The molecule has 1 atom stereocenters.